The van der Waals surface area contributed by atoms with Crippen molar-refractivity contribution in [2.75, 3.05) is 13.2 Å². The molecule has 0 unspecified atom stereocenters. The van der Waals surface area contributed by atoms with Gasteiger partial charge in [0.1, 0.15) is 0 Å². The minimum Gasteiger partial charge on any atom is -0.371 e. The van der Waals surface area contributed by atoms with E-state index in [1.165, 1.54) is 12.8 Å². The minimum absolute atomic E-state index is 0.243. The number of rotatable bonds is 3. The molecule has 0 radical (unpaired) electrons. The molecule has 3 heteroatoms. The number of carbonyl (C=O) groups excluding carboxylic acids is 1. The normalized spacial score (nSPS) is 33.2. The molecule has 1 aliphatic heterocycles. The van der Waals surface area contributed by atoms with Crippen molar-refractivity contribution in [3.8, 4) is 0 Å². The summed E-state index contributed by atoms with van der Waals surface area (Å²) in [5, 5.41) is 3.00. The molecule has 17 heavy (non-hydrogen) atoms. The predicted molar refractivity (Wildman–Crippen MR) is 67.7 cm³/mol. The quantitative estimate of drug-likeness (QED) is 0.768. The number of nitrogens with one attached hydrogen (secondary N) is 1. The van der Waals surface area contributed by atoms with Crippen molar-refractivity contribution in [3.05, 3.63) is 0 Å². The van der Waals surface area contributed by atoms with E-state index in [1.807, 2.05) is 0 Å². The SMILES string of the molecule is CC(C)(C)C1CCC(C(=O)NC[C@@H]2CO2)CC1. The van der Waals surface area contributed by atoms with E-state index in [0.717, 1.165) is 25.4 Å². The number of hydrogen-bond acceptors (Lipinski definition) is 2. The van der Waals surface area contributed by atoms with Gasteiger partial charge in [0.2, 0.25) is 5.91 Å². The van der Waals surface area contributed by atoms with Crippen LogP contribution in [-0.2, 0) is 9.53 Å². The maximum absolute atomic E-state index is 11.9. The van der Waals surface area contributed by atoms with E-state index >= 15 is 0 Å². The van der Waals surface area contributed by atoms with E-state index in [1.54, 1.807) is 0 Å². The Morgan fingerprint density at radius 1 is 1.24 bits per heavy atom. The predicted octanol–water partition coefficient (Wildman–Crippen LogP) is 2.35. The van der Waals surface area contributed by atoms with Gasteiger partial charge in [0, 0.05) is 12.5 Å². The molecule has 1 heterocycles. The second-order valence-electron chi connectivity index (χ2n) is 6.62. The molecule has 0 aromatic rings. The Balaban J connectivity index is 1.72. The van der Waals surface area contributed by atoms with Gasteiger partial charge in [-0.3, -0.25) is 4.79 Å². The number of carbonyl (C=O) groups is 1. The molecule has 3 nitrogen and oxygen atoms in total. The van der Waals surface area contributed by atoms with Crippen molar-refractivity contribution in [1.29, 1.82) is 0 Å². The molecule has 1 amide bonds. The number of hydrogen-bond donors (Lipinski definition) is 1. The van der Waals surface area contributed by atoms with Crippen LogP contribution in [0.3, 0.4) is 0 Å². The van der Waals surface area contributed by atoms with Crippen LogP contribution in [0.5, 0.6) is 0 Å². The zero-order chi connectivity index (χ0) is 12.5. The van der Waals surface area contributed by atoms with E-state index in [-0.39, 0.29) is 11.8 Å². The Morgan fingerprint density at radius 3 is 2.29 bits per heavy atom. The third kappa shape index (κ3) is 3.70. The van der Waals surface area contributed by atoms with E-state index in [4.69, 9.17) is 4.74 Å². The number of amides is 1. The lowest BCUT2D eigenvalue weighted by Gasteiger charge is -2.36. The third-order valence-electron chi connectivity index (χ3n) is 4.23. The van der Waals surface area contributed by atoms with Gasteiger partial charge in [0.05, 0.1) is 12.7 Å². The zero-order valence-electron chi connectivity index (χ0n) is 11.3. The summed E-state index contributed by atoms with van der Waals surface area (Å²) in [4.78, 5) is 11.9. The Bertz CT molecular complexity index is 270. The fourth-order valence-electron chi connectivity index (χ4n) is 2.77. The molecule has 2 fully saturated rings. The molecule has 2 rings (SSSR count). The van der Waals surface area contributed by atoms with Crippen LogP contribution in [-0.4, -0.2) is 25.2 Å². The van der Waals surface area contributed by atoms with Gasteiger partial charge >= 0.3 is 0 Å². The maximum Gasteiger partial charge on any atom is 0.223 e. The fraction of sp³-hybridized carbons (Fsp3) is 0.929. The highest BCUT2D eigenvalue weighted by Gasteiger charge is 2.32. The Hall–Kier alpha value is -0.570. The summed E-state index contributed by atoms with van der Waals surface area (Å²) >= 11 is 0. The molecule has 1 N–H and O–H groups in total. The molecule has 1 saturated carbocycles. The van der Waals surface area contributed by atoms with Gasteiger partial charge in [-0.15, -0.1) is 0 Å². The fourth-order valence-corrected chi connectivity index (χ4v) is 2.77. The van der Waals surface area contributed by atoms with Crippen LogP contribution in [0, 0.1) is 17.3 Å². The number of ether oxygens (including phenoxy) is 1. The summed E-state index contributed by atoms with van der Waals surface area (Å²) in [5.41, 5.74) is 0.392. The second kappa shape index (κ2) is 4.97. The van der Waals surface area contributed by atoms with Crippen LogP contribution in [0.4, 0.5) is 0 Å². The highest BCUT2D eigenvalue weighted by atomic mass is 16.6. The van der Waals surface area contributed by atoms with E-state index in [9.17, 15) is 4.79 Å². The van der Waals surface area contributed by atoms with Gasteiger partial charge in [-0.25, -0.2) is 0 Å². The van der Waals surface area contributed by atoms with E-state index < -0.39 is 0 Å². The van der Waals surface area contributed by atoms with Gasteiger partial charge in [-0.05, 0) is 37.0 Å². The molecule has 1 saturated heterocycles. The molecule has 1 atom stereocenters. The summed E-state index contributed by atoms with van der Waals surface area (Å²) in [5.74, 6) is 1.26. The Labute approximate surface area is 104 Å². The van der Waals surface area contributed by atoms with Gasteiger partial charge in [0.15, 0.2) is 0 Å². The average Bonchev–Trinajstić information content (AvgIpc) is 3.09. The lowest BCUT2D eigenvalue weighted by atomic mass is 9.69. The molecular formula is C14H25NO2. The largest absolute Gasteiger partial charge is 0.371 e. The van der Waals surface area contributed by atoms with Gasteiger partial charge in [0.25, 0.3) is 0 Å². The zero-order valence-corrected chi connectivity index (χ0v) is 11.3. The Morgan fingerprint density at radius 2 is 1.82 bits per heavy atom. The highest BCUT2D eigenvalue weighted by Crippen LogP contribution is 2.39. The molecule has 0 aromatic carbocycles. The van der Waals surface area contributed by atoms with Crippen molar-refractivity contribution in [3.63, 3.8) is 0 Å². The van der Waals surface area contributed by atoms with Crippen molar-refractivity contribution in [2.45, 2.75) is 52.6 Å². The third-order valence-corrected chi connectivity index (χ3v) is 4.23. The number of epoxide rings is 1. The minimum atomic E-state index is 0.243. The van der Waals surface area contributed by atoms with Crippen molar-refractivity contribution in [2.24, 2.45) is 17.3 Å². The summed E-state index contributed by atoms with van der Waals surface area (Å²) in [6.07, 6.45) is 4.80. The lowest BCUT2D eigenvalue weighted by molar-refractivity contribution is -0.126. The Kier molecular flexibility index (Phi) is 3.76. The smallest absolute Gasteiger partial charge is 0.223 e. The summed E-state index contributed by atoms with van der Waals surface area (Å²) in [6.45, 7) is 8.45. The maximum atomic E-state index is 11.9. The molecule has 2 aliphatic rings. The van der Waals surface area contributed by atoms with Crippen LogP contribution >= 0.6 is 0 Å². The average molecular weight is 239 g/mol. The van der Waals surface area contributed by atoms with Gasteiger partial charge in [-0.2, -0.15) is 0 Å². The molecular weight excluding hydrogens is 214 g/mol. The topological polar surface area (TPSA) is 41.6 Å². The van der Waals surface area contributed by atoms with E-state index in [0.29, 0.717) is 18.1 Å². The first-order valence-electron chi connectivity index (χ1n) is 6.86. The van der Waals surface area contributed by atoms with Crippen LogP contribution in [0.15, 0.2) is 0 Å². The first kappa shape index (κ1) is 12.9. The van der Waals surface area contributed by atoms with Crippen molar-refractivity contribution < 1.29 is 9.53 Å². The van der Waals surface area contributed by atoms with Crippen LogP contribution in [0.25, 0.3) is 0 Å². The highest BCUT2D eigenvalue weighted by molar-refractivity contribution is 5.78. The van der Waals surface area contributed by atoms with Crippen LogP contribution < -0.4 is 5.32 Å². The molecule has 98 valence electrons. The van der Waals surface area contributed by atoms with Crippen LogP contribution in [0.2, 0.25) is 0 Å². The van der Waals surface area contributed by atoms with Crippen molar-refractivity contribution in [1.82, 2.24) is 5.32 Å². The van der Waals surface area contributed by atoms with Gasteiger partial charge < -0.3 is 10.1 Å². The monoisotopic (exact) mass is 239 g/mol. The molecule has 0 bridgehead atoms. The first-order chi connectivity index (χ1) is 7.97. The lowest BCUT2D eigenvalue weighted by Crippen LogP contribution is -2.36. The van der Waals surface area contributed by atoms with Crippen LogP contribution in [0.1, 0.15) is 46.5 Å². The summed E-state index contributed by atoms with van der Waals surface area (Å²) < 4.78 is 5.09. The molecule has 1 aliphatic carbocycles. The standard InChI is InChI=1S/C14H25NO2/c1-14(2,3)11-6-4-10(5-7-11)13(16)15-8-12-9-17-12/h10-12H,4-9H2,1-3H3,(H,15,16)/t10?,11?,12-/m1/s1. The van der Waals surface area contributed by atoms with Gasteiger partial charge in [-0.1, -0.05) is 20.8 Å². The van der Waals surface area contributed by atoms with E-state index in [2.05, 4.69) is 26.1 Å². The molecule has 0 spiro atoms. The first-order valence-corrected chi connectivity index (χ1v) is 6.86. The summed E-state index contributed by atoms with van der Waals surface area (Å²) in [7, 11) is 0. The molecule has 0 aromatic heterocycles. The summed E-state index contributed by atoms with van der Waals surface area (Å²) in [6, 6.07) is 0. The second-order valence-corrected chi connectivity index (χ2v) is 6.62. The van der Waals surface area contributed by atoms with Crippen molar-refractivity contribution >= 4 is 5.91 Å².